The van der Waals surface area contributed by atoms with Gasteiger partial charge in [-0.15, -0.1) is 11.8 Å². The zero-order valence-corrected chi connectivity index (χ0v) is 10.2. The van der Waals surface area contributed by atoms with E-state index < -0.39 is 0 Å². The molecule has 0 aromatic heterocycles. The van der Waals surface area contributed by atoms with Crippen LogP contribution in [0.25, 0.3) is 0 Å². The largest absolute Gasteiger partial charge is 0.396 e. The topological polar surface area (TPSA) is 32.3 Å². The Kier molecular flexibility index (Phi) is 5.76. The molecule has 0 aliphatic heterocycles. The van der Waals surface area contributed by atoms with Crippen molar-refractivity contribution in [1.29, 1.82) is 0 Å². The number of rotatable bonds is 6. The molecule has 3 heteroatoms. The molecule has 2 nitrogen and oxygen atoms in total. The summed E-state index contributed by atoms with van der Waals surface area (Å²) in [6.07, 6.45) is 2.89. The zero-order chi connectivity index (χ0) is 11.1. The van der Waals surface area contributed by atoms with Crippen molar-refractivity contribution in [3.8, 4) is 0 Å². The van der Waals surface area contributed by atoms with Crippen molar-refractivity contribution in [3.63, 3.8) is 0 Å². The fraction of sp³-hybridized carbons (Fsp3) is 0.500. The Balaban J connectivity index is 2.46. The minimum atomic E-state index is 0.255. The first-order valence-electron chi connectivity index (χ1n) is 5.26. The van der Waals surface area contributed by atoms with Crippen molar-refractivity contribution in [2.24, 2.45) is 0 Å². The first-order valence-corrected chi connectivity index (χ1v) is 6.48. The van der Waals surface area contributed by atoms with Gasteiger partial charge in [-0.05, 0) is 43.8 Å². The third-order valence-corrected chi connectivity index (χ3v) is 3.14. The third-order valence-electron chi connectivity index (χ3n) is 2.40. The summed E-state index contributed by atoms with van der Waals surface area (Å²) in [5.74, 6) is 0. The van der Waals surface area contributed by atoms with Crippen molar-refractivity contribution < 1.29 is 5.11 Å². The van der Waals surface area contributed by atoms with Crippen molar-refractivity contribution in [2.45, 2.75) is 24.3 Å². The number of hydrogen-bond acceptors (Lipinski definition) is 3. The Morgan fingerprint density at radius 2 is 2.00 bits per heavy atom. The molecule has 0 spiro atoms. The quantitative estimate of drug-likeness (QED) is 0.576. The van der Waals surface area contributed by atoms with Gasteiger partial charge in [0.2, 0.25) is 0 Å². The van der Waals surface area contributed by atoms with E-state index in [1.807, 2.05) is 0 Å². The average Bonchev–Trinajstić information content (AvgIpc) is 2.29. The monoisotopic (exact) mass is 225 g/mol. The second-order valence-corrected chi connectivity index (χ2v) is 4.41. The molecule has 0 fully saturated rings. The molecule has 15 heavy (non-hydrogen) atoms. The van der Waals surface area contributed by atoms with E-state index in [0.29, 0.717) is 6.04 Å². The Morgan fingerprint density at radius 1 is 1.33 bits per heavy atom. The van der Waals surface area contributed by atoms with Gasteiger partial charge >= 0.3 is 0 Å². The van der Waals surface area contributed by atoms with Crippen LogP contribution in [0.3, 0.4) is 0 Å². The number of thioether (sulfide) groups is 1. The second kappa shape index (κ2) is 6.88. The van der Waals surface area contributed by atoms with Crippen molar-refractivity contribution in [3.05, 3.63) is 29.8 Å². The molecule has 1 unspecified atom stereocenters. The smallest absolute Gasteiger partial charge is 0.0443 e. The molecule has 0 aliphatic carbocycles. The number of hydrogen-bond donors (Lipinski definition) is 2. The van der Waals surface area contributed by atoms with Gasteiger partial charge in [0.05, 0.1) is 0 Å². The third kappa shape index (κ3) is 4.24. The number of benzene rings is 1. The molecule has 0 radical (unpaired) electrons. The lowest BCUT2D eigenvalue weighted by atomic mass is 10.1. The van der Waals surface area contributed by atoms with E-state index in [0.717, 1.165) is 13.0 Å². The van der Waals surface area contributed by atoms with Gasteiger partial charge in [-0.3, -0.25) is 0 Å². The summed E-state index contributed by atoms with van der Waals surface area (Å²) in [5.41, 5.74) is 1.30. The van der Waals surface area contributed by atoms with Crippen molar-refractivity contribution in [1.82, 2.24) is 5.32 Å². The maximum Gasteiger partial charge on any atom is 0.0443 e. The maximum atomic E-state index is 8.68. The molecule has 0 heterocycles. The van der Waals surface area contributed by atoms with E-state index in [4.69, 9.17) is 5.11 Å². The highest BCUT2D eigenvalue weighted by Gasteiger charge is 2.03. The summed E-state index contributed by atoms with van der Waals surface area (Å²) in [7, 11) is 0. The van der Waals surface area contributed by atoms with Crippen LogP contribution in [0, 0.1) is 0 Å². The van der Waals surface area contributed by atoms with Gasteiger partial charge in [0.1, 0.15) is 0 Å². The molecular weight excluding hydrogens is 206 g/mol. The molecule has 0 saturated carbocycles. The van der Waals surface area contributed by atoms with Crippen LogP contribution in [0.5, 0.6) is 0 Å². The Hall–Kier alpha value is -0.510. The van der Waals surface area contributed by atoms with Gasteiger partial charge in [0, 0.05) is 17.5 Å². The van der Waals surface area contributed by atoms with Crippen LogP contribution in [-0.2, 0) is 0 Å². The molecule has 1 aromatic rings. The minimum absolute atomic E-state index is 0.255. The normalized spacial score (nSPS) is 12.7. The molecule has 0 bridgehead atoms. The molecule has 0 aliphatic rings. The van der Waals surface area contributed by atoms with Crippen LogP contribution in [-0.4, -0.2) is 24.5 Å². The van der Waals surface area contributed by atoms with E-state index in [1.54, 1.807) is 11.8 Å². The minimum Gasteiger partial charge on any atom is -0.396 e. The number of aliphatic hydroxyl groups excluding tert-OH is 1. The standard InChI is InChI=1S/C12H19NOS/c1-10(13-8-3-9-14)11-4-6-12(15-2)7-5-11/h4-7,10,13-14H,3,8-9H2,1-2H3. The SMILES string of the molecule is CSc1ccc(C(C)NCCCO)cc1. The molecule has 0 amide bonds. The fourth-order valence-corrected chi connectivity index (χ4v) is 1.82. The molecule has 84 valence electrons. The van der Waals surface area contributed by atoms with Crippen LogP contribution in [0.2, 0.25) is 0 Å². The first-order chi connectivity index (χ1) is 7.27. The number of aliphatic hydroxyl groups is 1. The van der Waals surface area contributed by atoms with Crippen LogP contribution in [0.4, 0.5) is 0 Å². The Bertz CT molecular complexity index is 273. The maximum absolute atomic E-state index is 8.68. The second-order valence-electron chi connectivity index (χ2n) is 3.53. The zero-order valence-electron chi connectivity index (χ0n) is 9.36. The average molecular weight is 225 g/mol. The van der Waals surface area contributed by atoms with Crippen LogP contribution < -0.4 is 5.32 Å². The summed E-state index contributed by atoms with van der Waals surface area (Å²) in [5, 5.41) is 12.0. The van der Waals surface area contributed by atoms with E-state index in [-0.39, 0.29) is 6.61 Å². The highest BCUT2D eigenvalue weighted by molar-refractivity contribution is 7.98. The Morgan fingerprint density at radius 3 is 2.53 bits per heavy atom. The summed E-state index contributed by atoms with van der Waals surface area (Å²) in [4.78, 5) is 1.29. The summed E-state index contributed by atoms with van der Waals surface area (Å²) >= 11 is 1.76. The summed E-state index contributed by atoms with van der Waals surface area (Å²) in [6, 6.07) is 8.95. The van der Waals surface area contributed by atoms with E-state index in [2.05, 4.69) is 42.8 Å². The predicted molar refractivity (Wildman–Crippen MR) is 66.3 cm³/mol. The molecular formula is C12H19NOS. The van der Waals surface area contributed by atoms with Gasteiger partial charge in [-0.1, -0.05) is 12.1 Å². The van der Waals surface area contributed by atoms with E-state index in [9.17, 15) is 0 Å². The molecule has 0 saturated heterocycles. The molecule has 2 N–H and O–H groups in total. The lowest BCUT2D eigenvalue weighted by Crippen LogP contribution is -2.20. The van der Waals surface area contributed by atoms with Crippen LogP contribution >= 0.6 is 11.8 Å². The van der Waals surface area contributed by atoms with Gasteiger partial charge in [0.15, 0.2) is 0 Å². The van der Waals surface area contributed by atoms with Gasteiger partial charge in [-0.25, -0.2) is 0 Å². The summed E-state index contributed by atoms with van der Waals surface area (Å²) in [6.45, 7) is 3.26. The Labute approximate surface area is 96.1 Å². The number of nitrogens with one attached hydrogen (secondary N) is 1. The predicted octanol–water partition coefficient (Wildman–Crippen LogP) is 2.44. The van der Waals surface area contributed by atoms with Crippen LogP contribution in [0.15, 0.2) is 29.2 Å². The summed E-state index contributed by atoms with van der Waals surface area (Å²) < 4.78 is 0. The molecule has 1 rings (SSSR count). The molecule has 1 atom stereocenters. The van der Waals surface area contributed by atoms with Gasteiger partial charge in [-0.2, -0.15) is 0 Å². The fourth-order valence-electron chi connectivity index (χ4n) is 1.41. The van der Waals surface area contributed by atoms with Crippen LogP contribution in [0.1, 0.15) is 24.9 Å². The van der Waals surface area contributed by atoms with Gasteiger partial charge in [0.25, 0.3) is 0 Å². The highest BCUT2D eigenvalue weighted by atomic mass is 32.2. The van der Waals surface area contributed by atoms with E-state index >= 15 is 0 Å². The first kappa shape index (κ1) is 12.6. The highest BCUT2D eigenvalue weighted by Crippen LogP contribution is 2.18. The molecule has 1 aromatic carbocycles. The lowest BCUT2D eigenvalue weighted by molar-refractivity contribution is 0.284. The van der Waals surface area contributed by atoms with Crippen molar-refractivity contribution >= 4 is 11.8 Å². The van der Waals surface area contributed by atoms with Crippen molar-refractivity contribution in [2.75, 3.05) is 19.4 Å². The lowest BCUT2D eigenvalue weighted by Gasteiger charge is -2.14. The van der Waals surface area contributed by atoms with E-state index in [1.165, 1.54) is 10.5 Å². The van der Waals surface area contributed by atoms with Gasteiger partial charge < -0.3 is 10.4 Å².